The third-order valence-electron chi connectivity index (χ3n) is 5.48. The number of hydrogen-bond acceptors (Lipinski definition) is 5. The van der Waals surface area contributed by atoms with Crippen LogP contribution in [0.2, 0.25) is 0 Å². The number of hydrogen-bond donors (Lipinski definition) is 1. The van der Waals surface area contributed by atoms with Gasteiger partial charge in [-0.3, -0.25) is 14.0 Å². The average molecular weight is 430 g/mol. The highest BCUT2D eigenvalue weighted by atomic mass is 32.2. The van der Waals surface area contributed by atoms with Crippen molar-refractivity contribution >= 4 is 21.6 Å². The Morgan fingerprint density at radius 1 is 1.07 bits per heavy atom. The Morgan fingerprint density at radius 3 is 2.53 bits per heavy atom. The van der Waals surface area contributed by atoms with Crippen LogP contribution in [0.1, 0.15) is 22.3 Å². The van der Waals surface area contributed by atoms with Crippen molar-refractivity contribution < 1.29 is 17.9 Å². The molecule has 0 radical (unpaired) electrons. The number of sulfonamides is 1. The van der Waals surface area contributed by atoms with E-state index < -0.39 is 10.0 Å². The number of ether oxygens (including phenoxy) is 1. The lowest BCUT2D eigenvalue weighted by molar-refractivity contribution is -0.0292. The van der Waals surface area contributed by atoms with Crippen LogP contribution in [0.15, 0.2) is 54.6 Å². The molecule has 1 amide bonds. The van der Waals surface area contributed by atoms with Gasteiger partial charge in [0.25, 0.3) is 5.91 Å². The zero-order chi connectivity index (χ0) is 21.0. The van der Waals surface area contributed by atoms with Gasteiger partial charge in [0.1, 0.15) is 0 Å². The summed E-state index contributed by atoms with van der Waals surface area (Å²) < 4.78 is 31.3. The maximum Gasteiger partial charge on any atom is 0.251 e. The van der Waals surface area contributed by atoms with Crippen molar-refractivity contribution in [3.05, 3.63) is 65.7 Å². The quantitative estimate of drug-likeness (QED) is 0.758. The number of carbonyl (C=O) groups excluding carboxylic acids is 1. The molecule has 2 aromatic rings. The molecule has 2 aliphatic heterocycles. The van der Waals surface area contributed by atoms with Gasteiger partial charge in [-0.05, 0) is 36.2 Å². The minimum absolute atomic E-state index is 0.0552. The Morgan fingerprint density at radius 2 is 1.83 bits per heavy atom. The highest BCUT2D eigenvalue weighted by Crippen LogP contribution is 2.24. The van der Waals surface area contributed by atoms with Crippen LogP contribution in [0.25, 0.3) is 0 Å². The average Bonchev–Trinajstić information content (AvgIpc) is 3.12. The van der Waals surface area contributed by atoms with Crippen molar-refractivity contribution in [3.63, 3.8) is 0 Å². The fourth-order valence-corrected chi connectivity index (χ4v) is 5.47. The molecule has 0 aliphatic carbocycles. The van der Waals surface area contributed by atoms with Crippen LogP contribution < -0.4 is 9.62 Å². The second kappa shape index (κ2) is 9.16. The number of carbonyl (C=O) groups is 1. The monoisotopic (exact) mass is 429 g/mol. The van der Waals surface area contributed by atoms with Crippen molar-refractivity contribution in [3.8, 4) is 0 Å². The topological polar surface area (TPSA) is 79.0 Å². The van der Waals surface area contributed by atoms with Gasteiger partial charge in [0, 0.05) is 38.3 Å². The highest BCUT2D eigenvalue weighted by molar-refractivity contribution is 7.93. The second-order valence-corrected chi connectivity index (χ2v) is 9.72. The van der Waals surface area contributed by atoms with Crippen molar-refractivity contribution in [2.24, 2.45) is 0 Å². The predicted octanol–water partition coefficient (Wildman–Crippen LogP) is 1.86. The van der Waals surface area contributed by atoms with E-state index in [0.717, 1.165) is 19.6 Å². The normalized spacial score (nSPS) is 21.5. The van der Waals surface area contributed by atoms with E-state index in [-0.39, 0.29) is 17.8 Å². The zero-order valence-corrected chi connectivity index (χ0v) is 17.7. The first-order valence-corrected chi connectivity index (χ1v) is 11.9. The molecule has 30 heavy (non-hydrogen) atoms. The largest absolute Gasteiger partial charge is 0.374 e. The van der Waals surface area contributed by atoms with E-state index >= 15 is 0 Å². The Kier molecular flexibility index (Phi) is 6.36. The summed E-state index contributed by atoms with van der Waals surface area (Å²) in [5.41, 5.74) is 2.38. The molecule has 1 N–H and O–H groups in total. The smallest absolute Gasteiger partial charge is 0.251 e. The van der Waals surface area contributed by atoms with E-state index in [2.05, 4.69) is 22.3 Å². The summed E-state index contributed by atoms with van der Waals surface area (Å²) in [5, 5.41) is 2.94. The fraction of sp³-hybridized carbons (Fsp3) is 0.409. The summed E-state index contributed by atoms with van der Waals surface area (Å²) in [6, 6.07) is 17.0. The molecule has 0 bridgehead atoms. The number of anilines is 1. The van der Waals surface area contributed by atoms with E-state index in [1.54, 1.807) is 24.3 Å². The van der Waals surface area contributed by atoms with Crippen LogP contribution in [-0.2, 0) is 21.3 Å². The number of nitrogens with one attached hydrogen (secondary N) is 1. The number of amides is 1. The van der Waals surface area contributed by atoms with Gasteiger partial charge in [0.2, 0.25) is 10.0 Å². The van der Waals surface area contributed by atoms with Crippen LogP contribution in [0.4, 0.5) is 5.69 Å². The molecule has 1 atom stereocenters. The van der Waals surface area contributed by atoms with Gasteiger partial charge in [-0.15, -0.1) is 0 Å². The summed E-state index contributed by atoms with van der Waals surface area (Å²) >= 11 is 0. The van der Waals surface area contributed by atoms with E-state index in [1.165, 1.54) is 9.87 Å². The molecule has 2 fully saturated rings. The molecule has 2 saturated heterocycles. The lowest BCUT2D eigenvalue weighted by Gasteiger charge is -2.33. The van der Waals surface area contributed by atoms with Gasteiger partial charge in [-0.25, -0.2) is 8.42 Å². The molecule has 2 aliphatic rings. The third-order valence-corrected chi connectivity index (χ3v) is 7.35. The standard InChI is InChI=1S/C22H27N3O4S/c26-22(19-7-9-20(10-8-19)25-11-4-14-30(25,27)28)23-15-21-17-24(12-13-29-21)16-18-5-2-1-3-6-18/h1-3,5-10,21H,4,11-17H2,(H,23,26). The minimum atomic E-state index is -3.21. The lowest BCUT2D eigenvalue weighted by atomic mass is 10.1. The SMILES string of the molecule is O=C(NCC1CN(Cc2ccccc2)CCO1)c1ccc(N2CCCS2(=O)=O)cc1. The van der Waals surface area contributed by atoms with Crippen molar-refractivity contribution in [1.29, 1.82) is 0 Å². The molecule has 7 nitrogen and oxygen atoms in total. The first-order chi connectivity index (χ1) is 14.5. The van der Waals surface area contributed by atoms with Crippen molar-refractivity contribution in [2.75, 3.05) is 42.8 Å². The zero-order valence-electron chi connectivity index (χ0n) is 16.9. The van der Waals surface area contributed by atoms with Crippen LogP contribution in [0.5, 0.6) is 0 Å². The van der Waals surface area contributed by atoms with E-state index in [1.807, 2.05) is 18.2 Å². The molecule has 4 rings (SSSR count). The van der Waals surface area contributed by atoms with Crippen molar-refractivity contribution in [2.45, 2.75) is 19.1 Å². The summed E-state index contributed by atoms with van der Waals surface area (Å²) in [5.74, 6) is -0.00706. The summed E-state index contributed by atoms with van der Waals surface area (Å²) in [6.45, 7) is 4.09. The van der Waals surface area contributed by atoms with Gasteiger partial charge in [0.05, 0.1) is 24.2 Å². The molecule has 160 valence electrons. The number of benzene rings is 2. The second-order valence-electron chi connectivity index (χ2n) is 7.71. The summed E-state index contributed by atoms with van der Waals surface area (Å²) in [6.07, 6.45) is 0.577. The van der Waals surface area contributed by atoms with Gasteiger partial charge in [-0.1, -0.05) is 30.3 Å². The molecule has 1 unspecified atom stereocenters. The predicted molar refractivity (Wildman–Crippen MR) is 116 cm³/mol. The van der Waals surface area contributed by atoms with Crippen LogP contribution in [-0.4, -0.2) is 63.9 Å². The van der Waals surface area contributed by atoms with Gasteiger partial charge in [0.15, 0.2) is 0 Å². The molecule has 2 heterocycles. The van der Waals surface area contributed by atoms with Gasteiger partial charge in [-0.2, -0.15) is 0 Å². The van der Waals surface area contributed by atoms with Crippen LogP contribution in [0.3, 0.4) is 0 Å². The summed E-state index contributed by atoms with van der Waals surface area (Å²) in [7, 11) is -3.21. The Bertz CT molecular complexity index is 964. The molecule has 0 spiro atoms. The fourth-order valence-electron chi connectivity index (χ4n) is 3.91. The highest BCUT2D eigenvalue weighted by Gasteiger charge is 2.28. The maximum absolute atomic E-state index is 12.5. The molecular formula is C22H27N3O4S. The molecule has 0 aromatic heterocycles. The number of rotatable bonds is 6. The van der Waals surface area contributed by atoms with Crippen LogP contribution >= 0.6 is 0 Å². The minimum Gasteiger partial charge on any atom is -0.374 e. The maximum atomic E-state index is 12.5. The number of morpholine rings is 1. The molecule has 8 heteroatoms. The van der Waals surface area contributed by atoms with Crippen molar-refractivity contribution in [1.82, 2.24) is 10.2 Å². The molecule has 2 aromatic carbocycles. The summed E-state index contributed by atoms with van der Waals surface area (Å²) in [4.78, 5) is 14.8. The lowest BCUT2D eigenvalue weighted by Crippen LogP contribution is -2.47. The first kappa shape index (κ1) is 20.8. The first-order valence-electron chi connectivity index (χ1n) is 10.3. The molecular weight excluding hydrogens is 402 g/mol. The van der Waals surface area contributed by atoms with E-state index in [4.69, 9.17) is 4.74 Å². The Hall–Kier alpha value is -2.42. The van der Waals surface area contributed by atoms with E-state index in [0.29, 0.717) is 37.4 Å². The molecule has 0 saturated carbocycles. The van der Waals surface area contributed by atoms with Crippen LogP contribution in [0, 0.1) is 0 Å². The number of nitrogens with zero attached hydrogens (tertiary/aromatic N) is 2. The van der Waals surface area contributed by atoms with Gasteiger partial charge < -0.3 is 10.1 Å². The van der Waals surface area contributed by atoms with Gasteiger partial charge >= 0.3 is 0 Å². The van der Waals surface area contributed by atoms with E-state index in [9.17, 15) is 13.2 Å². The Labute approximate surface area is 177 Å². The third kappa shape index (κ3) is 5.00. The Balaban J connectivity index is 1.29.